The summed E-state index contributed by atoms with van der Waals surface area (Å²) in [5.74, 6) is 0.561. The second-order valence-electron chi connectivity index (χ2n) is 4.78. The number of nitrogens with one attached hydrogen (secondary N) is 2. The number of anilines is 2. The van der Waals surface area contributed by atoms with Gasteiger partial charge in [-0.1, -0.05) is 0 Å². The molecule has 0 spiro atoms. The molecule has 1 unspecified atom stereocenters. The van der Waals surface area contributed by atoms with Crippen molar-refractivity contribution in [3.63, 3.8) is 0 Å². The molecule has 1 atom stereocenters. The van der Waals surface area contributed by atoms with Gasteiger partial charge in [0.25, 0.3) is 0 Å². The van der Waals surface area contributed by atoms with Crippen LogP contribution in [0.15, 0.2) is 6.20 Å². The van der Waals surface area contributed by atoms with Crippen molar-refractivity contribution in [3.05, 3.63) is 16.3 Å². The number of hydrogen-bond acceptors (Lipinski definition) is 7. The molecule has 1 aliphatic rings. The first-order valence-electron chi connectivity index (χ1n) is 6.09. The van der Waals surface area contributed by atoms with Gasteiger partial charge in [-0.25, -0.2) is 4.98 Å². The fourth-order valence-corrected chi connectivity index (χ4v) is 2.04. The second-order valence-corrected chi connectivity index (χ2v) is 4.78. The molecule has 1 aliphatic heterocycles. The topological polar surface area (TPSA) is 102 Å². The predicted octanol–water partition coefficient (Wildman–Crippen LogP) is 1.41. The zero-order valence-electron chi connectivity index (χ0n) is 11.0. The molecule has 0 aliphatic carbocycles. The summed E-state index contributed by atoms with van der Waals surface area (Å²) in [7, 11) is 1.66. The minimum atomic E-state index is -0.491. The molecular weight excluding hydrogens is 250 g/mol. The average Bonchev–Trinajstić information content (AvgIpc) is 2.38. The fourth-order valence-electron chi connectivity index (χ4n) is 2.04. The van der Waals surface area contributed by atoms with Crippen molar-refractivity contribution in [2.45, 2.75) is 25.3 Å². The van der Waals surface area contributed by atoms with Crippen molar-refractivity contribution in [1.82, 2.24) is 9.97 Å². The summed E-state index contributed by atoms with van der Waals surface area (Å²) < 4.78 is 5.42. The van der Waals surface area contributed by atoms with Crippen LogP contribution in [0.5, 0.6) is 0 Å². The molecule has 1 saturated heterocycles. The maximum Gasteiger partial charge on any atom is 0.329 e. The van der Waals surface area contributed by atoms with Crippen molar-refractivity contribution in [2.75, 3.05) is 30.9 Å². The SMILES string of the molecule is CNc1ncc([N+](=O)[O-])c(NC2(C)CCCOC2)n1. The van der Waals surface area contributed by atoms with Gasteiger partial charge in [0.15, 0.2) is 0 Å². The molecule has 2 N–H and O–H groups in total. The standard InChI is InChI=1S/C11H17N5O3/c1-11(4-3-5-19-7-11)15-9-8(16(17)18)6-13-10(12-2)14-9/h6H,3-5,7H2,1-2H3,(H2,12,13,14,15). The van der Waals surface area contributed by atoms with Gasteiger partial charge in [-0.3, -0.25) is 10.1 Å². The maximum atomic E-state index is 11.0. The normalized spacial score (nSPS) is 22.8. The minimum Gasteiger partial charge on any atom is -0.379 e. The molecule has 0 radical (unpaired) electrons. The third-order valence-electron chi connectivity index (χ3n) is 3.05. The molecule has 8 nitrogen and oxygen atoms in total. The van der Waals surface area contributed by atoms with E-state index in [4.69, 9.17) is 4.74 Å². The average molecular weight is 267 g/mol. The van der Waals surface area contributed by atoms with E-state index in [0.29, 0.717) is 12.6 Å². The van der Waals surface area contributed by atoms with Crippen LogP contribution in [0.25, 0.3) is 0 Å². The van der Waals surface area contributed by atoms with Crippen molar-refractivity contribution >= 4 is 17.5 Å². The second kappa shape index (κ2) is 5.35. The van der Waals surface area contributed by atoms with Crippen molar-refractivity contribution in [2.24, 2.45) is 0 Å². The minimum absolute atomic E-state index is 0.134. The van der Waals surface area contributed by atoms with Gasteiger partial charge >= 0.3 is 5.69 Å². The van der Waals surface area contributed by atoms with Crippen LogP contribution in [0.4, 0.5) is 17.5 Å². The van der Waals surface area contributed by atoms with E-state index in [-0.39, 0.29) is 17.0 Å². The van der Waals surface area contributed by atoms with E-state index in [1.54, 1.807) is 7.05 Å². The Labute approximate surface area is 110 Å². The van der Waals surface area contributed by atoms with Gasteiger partial charge in [-0.15, -0.1) is 0 Å². The molecule has 2 heterocycles. The summed E-state index contributed by atoms with van der Waals surface area (Å²) in [6.07, 6.45) is 3.00. The van der Waals surface area contributed by atoms with Crippen LogP contribution in [0.1, 0.15) is 19.8 Å². The van der Waals surface area contributed by atoms with Gasteiger partial charge in [0.2, 0.25) is 11.8 Å². The predicted molar refractivity (Wildman–Crippen MR) is 70.3 cm³/mol. The van der Waals surface area contributed by atoms with E-state index < -0.39 is 4.92 Å². The highest BCUT2D eigenvalue weighted by Crippen LogP contribution is 2.28. The van der Waals surface area contributed by atoms with E-state index in [1.165, 1.54) is 6.20 Å². The summed E-state index contributed by atoms with van der Waals surface area (Å²) in [5.41, 5.74) is -0.478. The van der Waals surface area contributed by atoms with Crippen molar-refractivity contribution < 1.29 is 9.66 Å². The smallest absolute Gasteiger partial charge is 0.329 e. The number of nitrogens with zero attached hydrogens (tertiary/aromatic N) is 3. The number of rotatable bonds is 4. The molecule has 1 aromatic heterocycles. The third-order valence-corrected chi connectivity index (χ3v) is 3.05. The molecule has 1 aromatic rings. The lowest BCUT2D eigenvalue weighted by Crippen LogP contribution is -2.43. The van der Waals surface area contributed by atoms with Crippen LogP contribution < -0.4 is 10.6 Å². The van der Waals surface area contributed by atoms with Gasteiger partial charge in [-0.05, 0) is 19.8 Å². The molecule has 19 heavy (non-hydrogen) atoms. The number of ether oxygens (including phenoxy) is 1. The Morgan fingerprint density at radius 2 is 2.37 bits per heavy atom. The highest BCUT2D eigenvalue weighted by molar-refractivity contribution is 5.58. The van der Waals surface area contributed by atoms with E-state index in [0.717, 1.165) is 19.4 Å². The summed E-state index contributed by atoms with van der Waals surface area (Å²) in [6, 6.07) is 0. The monoisotopic (exact) mass is 267 g/mol. The molecule has 1 fully saturated rings. The highest BCUT2D eigenvalue weighted by atomic mass is 16.6. The Kier molecular flexibility index (Phi) is 3.79. The van der Waals surface area contributed by atoms with Crippen LogP contribution in [0.3, 0.4) is 0 Å². The maximum absolute atomic E-state index is 11.0. The lowest BCUT2D eigenvalue weighted by Gasteiger charge is -2.34. The van der Waals surface area contributed by atoms with E-state index in [9.17, 15) is 10.1 Å². The summed E-state index contributed by atoms with van der Waals surface area (Å²) in [6.45, 7) is 3.20. The van der Waals surface area contributed by atoms with Crippen LogP contribution in [-0.2, 0) is 4.74 Å². The Hall–Kier alpha value is -1.96. The van der Waals surface area contributed by atoms with Gasteiger partial charge in [0.1, 0.15) is 6.20 Å². The fraction of sp³-hybridized carbons (Fsp3) is 0.636. The molecule has 0 aromatic carbocycles. The van der Waals surface area contributed by atoms with Crippen LogP contribution in [-0.4, -0.2) is 40.7 Å². The Bertz CT molecular complexity index is 473. The molecule has 104 valence electrons. The van der Waals surface area contributed by atoms with Gasteiger partial charge < -0.3 is 15.4 Å². The first-order chi connectivity index (χ1) is 9.04. The van der Waals surface area contributed by atoms with Crippen LogP contribution in [0, 0.1) is 10.1 Å². The van der Waals surface area contributed by atoms with E-state index in [1.807, 2.05) is 6.92 Å². The summed E-state index contributed by atoms with van der Waals surface area (Å²) >= 11 is 0. The van der Waals surface area contributed by atoms with Crippen molar-refractivity contribution in [1.29, 1.82) is 0 Å². The summed E-state index contributed by atoms with van der Waals surface area (Å²) in [4.78, 5) is 18.5. The molecular formula is C11H17N5O3. The lowest BCUT2D eigenvalue weighted by atomic mass is 9.95. The molecule has 0 saturated carbocycles. The molecule has 8 heteroatoms. The van der Waals surface area contributed by atoms with Crippen LogP contribution in [0.2, 0.25) is 0 Å². The Morgan fingerprint density at radius 1 is 1.58 bits per heavy atom. The third kappa shape index (κ3) is 3.08. The van der Waals surface area contributed by atoms with Crippen LogP contribution >= 0.6 is 0 Å². The molecule has 0 amide bonds. The van der Waals surface area contributed by atoms with Gasteiger partial charge in [0.05, 0.1) is 17.1 Å². The number of nitro groups is 1. The first kappa shape index (κ1) is 13.5. The summed E-state index contributed by atoms with van der Waals surface area (Å²) in [5, 5.41) is 16.9. The quantitative estimate of drug-likeness (QED) is 0.628. The lowest BCUT2D eigenvalue weighted by molar-refractivity contribution is -0.384. The van der Waals surface area contributed by atoms with E-state index >= 15 is 0 Å². The largest absolute Gasteiger partial charge is 0.379 e. The van der Waals surface area contributed by atoms with Crippen molar-refractivity contribution in [3.8, 4) is 0 Å². The van der Waals surface area contributed by atoms with Gasteiger partial charge in [-0.2, -0.15) is 4.98 Å². The Morgan fingerprint density at radius 3 is 2.95 bits per heavy atom. The van der Waals surface area contributed by atoms with Gasteiger partial charge in [0, 0.05) is 13.7 Å². The number of aromatic nitrogens is 2. The zero-order chi connectivity index (χ0) is 13.9. The zero-order valence-corrected chi connectivity index (χ0v) is 11.0. The number of hydrogen-bond donors (Lipinski definition) is 2. The molecule has 2 rings (SSSR count). The molecule has 0 bridgehead atoms. The first-order valence-corrected chi connectivity index (χ1v) is 6.09. The highest BCUT2D eigenvalue weighted by Gasteiger charge is 2.31. The van der Waals surface area contributed by atoms with E-state index in [2.05, 4.69) is 20.6 Å². The Balaban J connectivity index is 2.28.